The van der Waals surface area contributed by atoms with Gasteiger partial charge in [0.2, 0.25) is 15.9 Å². The molecule has 0 radical (unpaired) electrons. The molecule has 0 aromatic heterocycles. The molecule has 1 aliphatic carbocycles. The summed E-state index contributed by atoms with van der Waals surface area (Å²) in [5, 5.41) is 2.84. The van der Waals surface area contributed by atoms with Crippen molar-refractivity contribution in [2.24, 2.45) is 0 Å². The Morgan fingerprint density at radius 2 is 1.81 bits per heavy atom. The van der Waals surface area contributed by atoms with E-state index in [-0.39, 0.29) is 29.3 Å². The molecule has 164 valence electrons. The predicted octanol–water partition coefficient (Wildman–Crippen LogP) is 2.96. The summed E-state index contributed by atoms with van der Waals surface area (Å²) in [6.07, 6.45) is 5.18. The maximum Gasteiger partial charge on any atom is 0.251 e. The van der Waals surface area contributed by atoms with Gasteiger partial charge in [0.05, 0.1) is 4.90 Å². The lowest BCUT2D eigenvalue weighted by molar-refractivity contribution is -0.117. The molecule has 4 rings (SSSR count). The van der Waals surface area contributed by atoms with Crippen molar-refractivity contribution in [2.75, 3.05) is 11.4 Å². The standard InChI is InChI=1S/C23H27N3O4S/c27-22-12-5-13-26(22)20-10-3-6-17(14-20)16-24-23(28)18-7-4-11-21(15-18)31(29,30)25-19-8-1-2-9-19/h3-4,6-7,10-11,14-15,19,25H,1-2,5,8-9,12-13,16H2,(H,24,28). The van der Waals surface area contributed by atoms with Crippen LogP contribution in [0, 0.1) is 0 Å². The molecule has 1 aliphatic heterocycles. The molecule has 0 atom stereocenters. The van der Waals surface area contributed by atoms with Gasteiger partial charge < -0.3 is 10.2 Å². The third-order valence-electron chi connectivity index (χ3n) is 5.83. The van der Waals surface area contributed by atoms with E-state index in [1.807, 2.05) is 24.3 Å². The molecule has 0 bridgehead atoms. The van der Waals surface area contributed by atoms with Gasteiger partial charge in [-0.15, -0.1) is 0 Å². The first-order valence-corrected chi connectivity index (χ1v) is 12.2. The van der Waals surface area contributed by atoms with Gasteiger partial charge >= 0.3 is 0 Å². The number of amides is 2. The van der Waals surface area contributed by atoms with Crippen LogP contribution in [0.1, 0.15) is 54.4 Å². The monoisotopic (exact) mass is 441 g/mol. The average Bonchev–Trinajstić information content (AvgIpc) is 3.43. The van der Waals surface area contributed by atoms with Crippen molar-refractivity contribution < 1.29 is 18.0 Å². The molecule has 8 heteroatoms. The second kappa shape index (κ2) is 9.20. The third-order valence-corrected chi connectivity index (χ3v) is 7.35. The highest BCUT2D eigenvalue weighted by Gasteiger charge is 2.24. The smallest absolute Gasteiger partial charge is 0.251 e. The van der Waals surface area contributed by atoms with Crippen molar-refractivity contribution in [2.45, 2.75) is 56.0 Å². The molecule has 2 aromatic carbocycles. The molecule has 2 fully saturated rings. The number of nitrogens with one attached hydrogen (secondary N) is 2. The molecule has 2 aliphatic rings. The number of sulfonamides is 1. The maximum atomic E-state index is 12.7. The van der Waals surface area contributed by atoms with Gasteiger partial charge in [0.25, 0.3) is 5.91 Å². The molecule has 0 unspecified atom stereocenters. The van der Waals surface area contributed by atoms with Crippen molar-refractivity contribution >= 4 is 27.5 Å². The molecular weight excluding hydrogens is 414 g/mol. The Morgan fingerprint density at radius 3 is 2.55 bits per heavy atom. The van der Waals surface area contributed by atoms with E-state index in [0.29, 0.717) is 18.5 Å². The van der Waals surface area contributed by atoms with Crippen molar-refractivity contribution in [3.05, 3.63) is 59.7 Å². The summed E-state index contributed by atoms with van der Waals surface area (Å²) < 4.78 is 28.1. The summed E-state index contributed by atoms with van der Waals surface area (Å²) in [6, 6.07) is 13.6. The normalized spacial score (nSPS) is 17.3. The molecule has 0 spiro atoms. The summed E-state index contributed by atoms with van der Waals surface area (Å²) in [5.41, 5.74) is 2.00. The van der Waals surface area contributed by atoms with Crippen LogP contribution >= 0.6 is 0 Å². The summed E-state index contributed by atoms with van der Waals surface area (Å²) in [4.78, 5) is 26.5. The average molecular weight is 442 g/mol. The first-order chi connectivity index (χ1) is 14.9. The van der Waals surface area contributed by atoms with E-state index in [0.717, 1.165) is 43.4 Å². The Bertz CT molecular complexity index is 1080. The van der Waals surface area contributed by atoms with Crippen molar-refractivity contribution in [3.8, 4) is 0 Å². The number of carbonyl (C=O) groups excluding carboxylic acids is 2. The zero-order valence-electron chi connectivity index (χ0n) is 17.3. The number of anilines is 1. The van der Waals surface area contributed by atoms with E-state index in [4.69, 9.17) is 0 Å². The molecule has 1 heterocycles. The fourth-order valence-corrected chi connectivity index (χ4v) is 5.53. The van der Waals surface area contributed by atoms with E-state index < -0.39 is 10.0 Å². The van der Waals surface area contributed by atoms with Crippen molar-refractivity contribution in [1.29, 1.82) is 0 Å². The molecule has 2 aromatic rings. The summed E-state index contributed by atoms with van der Waals surface area (Å²) in [7, 11) is -3.65. The number of hydrogen-bond donors (Lipinski definition) is 2. The summed E-state index contributed by atoms with van der Waals surface area (Å²) >= 11 is 0. The summed E-state index contributed by atoms with van der Waals surface area (Å²) in [5.74, 6) is -0.231. The second-order valence-corrected chi connectivity index (χ2v) is 9.85. The Hall–Kier alpha value is -2.71. The van der Waals surface area contributed by atoms with E-state index in [9.17, 15) is 18.0 Å². The zero-order chi connectivity index (χ0) is 21.8. The lowest BCUT2D eigenvalue weighted by atomic mass is 10.1. The van der Waals surface area contributed by atoms with Crippen LogP contribution in [0.2, 0.25) is 0 Å². The number of nitrogens with zero attached hydrogens (tertiary/aromatic N) is 1. The lowest BCUT2D eigenvalue weighted by Crippen LogP contribution is -2.32. The third kappa shape index (κ3) is 5.14. The predicted molar refractivity (Wildman–Crippen MR) is 118 cm³/mol. The Balaban J connectivity index is 1.41. The van der Waals surface area contributed by atoms with E-state index in [1.54, 1.807) is 17.0 Å². The van der Waals surface area contributed by atoms with Crippen molar-refractivity contribution in [3.63, 3.8) is 0 Å². The van der Waals surface area contributed by atoms with E-state index in [1.165, 1.54) is 12.1 Å². The van der Waals surface area contributed by atoms with Gasteiger partial charge in [-0.05, 0) is 55.2 Å². The number of carbonyl (C=O) groups is 2. The molecule has 31 heavy (non-hydrogen) atoms. The van der Waals surface area contributed by atoms with Gasteiger partial charge in [-0.1, -0.05) is 31.0 Å². The fourth-order valence-electron chi connectivity index (χ4n) is 4.18. The van der Waals surface area contributed by atoms with Gasteiger partial charge in [0, 0.05) is 36.8 Å². The first-order valence-electron chi connectivity index (χ1n) is 10.7. The van der Waals surface area contributed by atoms with E-state index >= 15 is 0 Å². The van der Waals surface area contributed by atoms with Crippen LogP contribution in [-0.4, -0.2) is 32.8 Å². The van der Waals surface area contributed by atoms with Crippen LogP contribution in [0.5, 0.6) is 0 Å². The van der Waals surface area contributed by atoms with Crippen LogP contribution in [-0.2, 0) is 21.4 Å². The first kappa shape index (κ1) is 21.5. The Morgan fingerprint density at radius 1 is 1.03 bits per heavy atom. The van der Waals surface area contributed by atoms with Crippen LogP contribution in [0.25, 0.3) is 0 Å². The van der Waals surface area contributed by atoms with Gasteiger partial charge in [0.15, 0.2) is 0 Å². The number of rotatable bonds is 7. The highest BCUT2D eigenvalue weighted by Crippen LogP contribution is 2.23. The highest BCUT2D eigenvalue weighted by molar-refractivity contribution is 7.89. The fraction of sp³-hybridized carbons (Fsp3) is 0.391. The quantitative estimate of drug-likeness (QED) is 0.691. The Labute approximate surface area is 182 Å². The van der Waals surface area contributed by atoms with Crippen LogP contribution in [0.15, 0.2) is 53.4 Å². The molecule has 2 amide bonds. The highest BCUT2D eigenvalue weighted by atomic mass is 32.2. The SMILES string of the molecule is O=C(NCc1cccc(N2CCCC2=O)c1)c1cccc(S(=O)(=O)NC2CCCC2)c1. The van der Waals surface area contributed by atoms with Gasteiger partial charge in [-0.3, -0.25) is 9.59 Å². The zero-order valence-corrected chi connectivity index (χ0v) is 18.2. The molecule has 1 saturated carbocycles. The van der Waals surface area contributed by atoms with Crippen molar-refractivity contribution in [1.82, 2.24) is 10.0 Å². The summed E-state index contributed by atoms with van der Waals surface area (Å²) in [6.45, 7) is 0.997. The Kier molecular flexibility index (Phi) is 6.38. The molecular formula is C23H27N3O4S. The maximum absolute atomic E-state index is 12.7. The van der Waals surface area contributed by atoms with Crippen LogP contribution in [0.3, 0.4) is 0 Å². The number of benzene rings is 2. The lowest BCUT2D eigenvalue weighted by Gasteiger charge is -2.17. The van der Waals surface area contributed by atoms with E-state index in [2.05, 4.69) is 10.0 Å². The van der Waals surface area contributed by atoms with Gasteiger partial charge in [-0.2, -0.15) is 0 Å². The van der Waals surface area contributed by atoms with Crippen LogP contribution < -0.4 is 14.9 Å². The minimum Gasteiger partial charge on any atom is -0.348 e. The van der Waals surface area contributed by atoms with Gasteiger partial charge in [-0.25, -0.2) is 13.1 Å². The number of hydrogen-bond acceptors (Lipinski definition) is 4. The van der Waals surface area contributed by atoms with Crippen LogP contribution in [0.4, 0.5) is 5.69 Å². The topological polar surface area (TPSA) is 95.6 Å². The second-order valence-electron chi connectivity index (χ2n) is 8.13. The molecule has 2 N–H and O–H groups in total. The molecule has 7 nitrogen and oxygen atoms in total. The van der Waals surface area contributed by atoms with Gasteiger partial charge in [0.1, 0.15) is 0 Å². The minimum absolute atomic E-state index is 0.0303. The minimum atomic E-state index is -3.65. The largest absolute Gasteiger partial charge is 0.348 e. The molecule has 1 saturated heterocycles.